The van der Waals surface area contributed by atoms with Crippen molar-refractivity contribution in [3.8, 4) is 17.2 Å². The summed E-state index contributed by atoms with van der Waals surface area (Å²) in [4.78, 5) is 6.17. The molecule has 0 amide bonds. The predicted molar refractivity (Wildman–Crippen MR) is 128 cm³/mol. The molecule has 1 atom stereocenters. The molecule has 9 heteroatoms. The van der Waals surface area contributed by atoms with Gasteiger partial charge in [-0.1, -0.05) is 12.1 Å². The van der Waals surface area contributed by atoms with Crippen molar-refractivity contribution in [2.24, 2.45) is 0 Å². The smallest absolute Gasteiger partial charge is 0.161 e. The zero-order chi connectivity index (χ0) is 24.5. The fourth-order valence-electron chi connectivity index (χ4n) is 4.03. The van der Waals surface area contributed by atoms with Gasteiger partial charge < -0.3 is 28.6 Å². The molecule has 1 fully saturated rings. The summed E-state index contributed by atoms with van der Waals surface area (Å²) >= 11 is 0. The van der Waals surface area contributed by atoms with Crippen LogP contribution < -0.4 is 14.2 Å². The van der Waals surface area contributed by atoms with Gasteiger partial charge in [-0.2, -0.15) is 0 Å². The van der Waals surface area contributed by atoms with E-state index in [1.54, 1.807) is 31.8 Å². The first-order chi connectivity index (χ1) is 17.0. The van der Waals surface area contributed by atoms with Crippen molar-refractivity contribution in [1.29, 1.82) is 0 Å². The van der Waals surface area contributed by atoms with E-state index in [2.05, 4.69) is 9.88 Å². The third-order valence-electron chi connectivity index (χ3n) is 5.76. The first-order valence-electron chi connectivity index (χ1n) is 11.7. The van der Waals surface area contributed by atoms with Crippen LogP contribution >= 0.6 is 0 Å². The van der Waals surface area contributed by atoms with Gasteiger partial charge in [0.1, 0.15) is 23.8 Å². The number of halogens is 1. The number of hydrogen-bond acceptors (Lipinski definition) is 7. The minimum Gasteiger partial charge on any atom is -0.493 e. The van der Waals surface area contributed by atoms with Crippen molar-refractivity contribution in [1.82, 2.24) is 14.5 Å². The molecular weight excluding hydrogens is 453 g/mol. The van der Waals surface area contributed by atoms with Crippen molar-refractivity contribution in [3.05, 3.63) is 72.6 Å². The monoisotopic (exact) mass is 485 g/mol. The van der Waals surface area contributed by atoms with Crippen LogP contribution in [-0.4, -0.2) is 71.8 Å². The van der Waals surface area contributed by atoms with Crippen LogP contribution in [0.25, 0.3) is 0 Å². The molecule has 1 N–H and O–H groups in total. The molecule has 1 aromatic heterocycles. The van der Waals surface area contributed by atoms with E-state index in [-0.39, 0.29) is 19.0 Å². The van der Waals surface area contributed by atoms with Crippen LogP contribution in [-0.2, 0) is 17.8 Å². The van der Waals surface area contributed by atoms with Crippen LogP contribution in [0.1, 0.15) is 12.0 Å². The van der Waals surface area contributed by atoms with Gasteiger partial charge in [-0.3, -0.25) is 4.90 Å². The average Bonchev–Trinajstić information content (AvgIpc) is 3.30. The fourth-order valence-corrected chi connectivity index (χ4v) is 4.03. The van der Waals surface area contributed by atoms with E-state index >= 15 is 0 Å². The summed E-state index contributed by atoms with van der Waals surface area (Å²) in [6.07, 6.45) is 6.31. The molecular formula is C26H32FN3O5. The van der Waals surface area contributed by atoms with Gasteiger partial charge in [-0.25, -0.2) is 9.37 Å². The normalized spacial score (nSPS) is 18.7. The van der Waals surface area contributed by atoms with Gasteiger partial charge in [0.05, 0.1) is 33.3 Å². The molecule has 8 nitrogen and oxygen atoms in total. The number of rotatable bonds is 11. The largest absolute Gasteiger partial charge is 0.493 e. The van der Waals surface area contributed by atoms with Crippen molar-refractivity contribution in [2.75, 3.05) is 46.6 Å². The highest BCUT2D eigenvalue weighted by atomic mass is 19.1. The molecule has 0 aliphatic carbocycles. The minimum absolute atomic E-state index is 0.000835. The summed E-state index contributed by atoms with van der Waals surface area (Å²) in [7, 11) is 1.62. The van der Waals surface area contributed by atoms with Gasteiger partial charge in [0.25, 0.3) is 0 Å². The zero-order valence-corrected chi connectivity index (χ0v) is 19.9. The van der Waals surface area contributed by atoms with E-state index in [0.717, 1.165) is 18.5 Å². The molecule has 1 unspecified atom stereocenters. The molecule has 2 aromatic carbocycles. The summed E-state index contributed by atoms with van der Waals surface area (Å²) in [5.74, 6) is 1.36. The molecule has 188 valence electrons. The van der Waals surface area contributed by atoms with Crippen molar-refractivity contribution < 1.29 is 28.4 Å². The lowest BCUT2D eigenvalue weighted by atomic mass is 10.1. The number of aryl methyl sites for hydroxylation is 1. The van der Waals surface area contributed by atoms with Crippen LogP contribution in [0.4, 0.5) is 4.39 Å². The second kappa shape index (κ2) is 12.0. The Morgan fingerprint density at radius 1 is 1.17 bits per heavy atom. The lowest BCUT2D eigenvalue weighted by molar-refractivity contribution is -0.0647. The number of β-amino-alcohol motifs (C(OH)–C–C–N with tert-alkyl or cyclic N) is 1. The number of hydrogen-bond donors (Lipinski definition) is 1. The first kappa shape index (κ1) is 25.0. The molecule has 3 aromatic rings. The maximum atomic E-state index is 13.4. The summed E-state index contributed by atoms with van der Waals surface area (Å²) in [6.45, 7) is 3.63. The van der Waals surface area contributed by atoms with Crippen LogP contribution in [0.3, 0.4) is 0 Å². The maximum absolute atomic E-state index is 13.4. The fraction of sp³-hybridized carbons (Fsp3) is 0.423. The van der Waals surface area contributed by atoms with E-state index < -0.39 is 5.60 Å². The number of aliphatic hydroxyl groups is 1. The van der Waals surface area contributed by atoms with Gasteiger partial charge >= 0.3 is 0 Å². The molecule has 0 radical (unpaired) electrons. The van der Waals surface area contributed by atoms with Gasteiger partial charge in [0.15, 0.2) is 11.5 Å². The van der Waals surface area contributed by atoms with Gasteiger partial charge in [0.2, 0.25) is 0 Å². The summed E-state index contributed by atoms with van der Waals surface area (Å²) in [5, 5.41) is 11.2. The molecule has 0 spiro atoms. The summed E-state index contributed by atoms with van der Waals surface area (Å²) in [6, 6.07) is 11.8. The zero-order valence-electron chi connectivity index (χ0n) is 19.9. The maximum Gasteiger partial charge on any atom is 0.161 e. The second-order valence-corrected chi connectivity index (χ2v) is 8.72. The molecule has 1 saturated heterocycles. The number of aromatic nitrogens is 2. The van der Waals surface area contributed by atoms with Gasteiger partial charge in [-0.05, 0) is 36.2 Å². The third-order valence-corrected chi connectivity index (χ3v) is 5.76. The topological polar surface area (TPSA) is 78.2 Å². The van der Waals surface area contributed by atoms with E-state index in [4.69, 9.17) is 18.9 Å². The van der Waals surface area contributed by atoms with E-state index in [9.17, 15) is 9.50 Å². The van der Waals surface area contributed by atoms with Gasteiger partial charge in [-0.15, -0.1) is 0 Å². The van der Waals surface area contributed by atoms with Crippen LogP contribution in [0, 0.1) is 5.82 Å². The van der Waals surface area contributed by atoms with E-state index in [1.807, 2.05) is 29.0 Å². The Labute approximate surface area is 204 Å². The first-order valence-corrected chi connectivity index (χ1v) is 11.7. The summed E-state index contributed by atoms with van der Waals surface area (Å²) < 4.78 is 38.3. The average molecular weight is 486 g/mol. The quantitative estimate of drug-likeness (QED) is 0.418. The number of benzene rings is 2. The second-order valence-electron chi connectivity index (χ2n) is 8.72. The lowest BCUT2D eigenvalue weighted by Gasteiger charge is -2.30. The number of ether oxygens (including phenoxy) is 4. The lowest BCUT2D eigenvalue weighted by Crippen LogP contribution is -2.48. The number of methoxy groups -OCH3 is 1. The highest BCUT2D eigenvalue weighted by Crippen LogP contribution is 2.29. The SMILES string of the molecule is COc1ccc(CN2CCOCC(O)(COc3cccc(F)c3)C2)cc1OCCCn1ccnc1. The molecule has 0 bridgehead atoms. The molecule has 2 heterocycles. The number of imidazole rings is 1. The Kier molecular flexibility index (Phi) is 8.57. The summed E-state index contributed by atoms with van der Waals surface area (Å²) in [5.41, 5.74) is -0.187. The Morgan fingerprint density at radius 2 is 2.09 bits per heavy atom. The third kappa shape index (κ3) is 7.42. The molecule has 1 aliphatic heterocycles. The van der Waals surface area contributed by atoms with Crippen LogP contribution in [0.2, 0.25) is 0 Å². The Bertz CT molecular complexity index is 1060. The number of nitrogens with zero attached hydrogens (tertiary/aromatic N) is 3. The van der Waals surface area contributed by atoms with E-state index in [0.29, 0.717) is 50.1 Å². The molecule has 0 saturated carbocycles. The van der Waals surface area contributed by atoms with E-state index in [1.165, 1.54) is 12.1 Å². The molecule has 1 aliphatic rings. The molecule has 35 heavy (non-hydrogen) atoms. The predicted octanol–water partition coefficient (Wildman–Crippen LogP) is 3.14. The standard InChI is InChI=1S/C26H32FN3O5/c1-32-24-7-6-21(14-25(24)34-12-3-9-29-10-8-28-20-29)16-30-11-13-33-18-26(31,17-30)19-35-23-5-2-4-22(27)15-23/h2,4-8,10,14-15,20,31H,3,9,11-13,16-19H2,1H3. The van der Waals surface area contributed by atoms with Crippen LogP contribution in [0.15, 0.2) is 61.2 Å². The van der Waals surface area contributed by atoms with Crippen molar-refractivity contribution in [3.63, 3.8) is 0 Å². The molecule has 4 rings (SSSR count). The Balaban J connectivity index is 1.35. The van der Waals surface area contributed by atoms with Gasteiger partial charge in [0, 0.05) is 44.6 Å². The Hall–Kier alpha value is -3.14. The van der Waals surface area contributed by atoms with Crippen molar-refractivity contribution in [2.45, 2.75) is 25.1 Å². The highest BCUT2D eigenvalue weighted by Gasteiger charge is 2.33. The van der Waals surface area contributed by atoms with Crippen molar-refractivity contribution >= 4 is 0 Å². The minimum atomic E-state index is -1.22. The Morgan fingerprint density at radius 3 is 2.89 bits per heavy atom. The highest BCUT2D eigenvalue weighted by molar-refractivity contribution is 5.43. The van der Waals surface area contributed by atoms with Crippen LogP contribution in [0.5, 0.6) is 17.2 Å².